The largest absolute Gasteiger partial charge is 0.497 e. The number of hydrogen-bond acceptors (Lipinski definition) is 5. The molecule has 9 heteroatoms. The van der Waals surface area contributed by atoms with Crippen LogP contribution in [0, 0.1) is 0 Å². The molecule has 1 aromatic carbocycles. The van der Waals surface area contributed by atoms with Crippen LogP contribution in [0.5, 0.6) is 5.75 Å². The number of carbonyl (C=O) groups excluding carboxylic acids is 1. The quantitative estimate of drug-likeness (QED) is 0.604. The van der Waals surface area contributed by atoms with Crippen molar-refractivity contribution in [3.05, 3.63) is 24.3 Å². The molecule has 0 fully saturated rings. The molecule has 0 aliphatic rings. The summed E-state index contributed by atoms with van der Waals surface area (Å²) in [4.78, 5) is 10.6. The van der Waals surface area contributed by atoms with E-state index >= 15 is 0 Å². The van der Waals surface area contributed by atoms with Crippen LogP contribution >= 0.6 is 0 Å². The Morgan fingerprint density at radius 2 is 1.90 bits per heavy atom. The predicted octanol–water partition coefficient (Wildman–Crippen LogP) is 0.998. The van der Waals surface area contributed by atoms with Gasteiger partial charge in [0.15, 0.2) is 9.84 Å². The molecule has 0 saturated heterocycles. The maximum atomic E-state index is 12.9. The topological polar surface area (TPSA) is 92.7 Å². The Balaban J connectivity index is 3.11. The molecule has 1 amide bonds. The molecule has 1 unspecified atom stereocenters. The van der Waals surface area contributed by atoms with E-state index in [1.165, 1.54) is 19.2 Å². The van der Waals surface area contributed by atoms with Crippen LogP contribution in [0.2, 0.25) is 0 Å². The third kappa shape index (κ3) is 3.64. The van der Waals surface area contributed by atoms with Crippen LogP contribution in [0.25, 0.3) is 0 Å². The highest BCUT2D eigenvalue weighted by molar-refractivity contribution is 7.92. The normalized spacial score (nSPS) is 13.1. The Labute approximate surface area is 114 Å². The number of nitrogens with one attached hydrogen (secondary N) is 1. The van der Waals surface area contributed by atoms with E-state index in [4.69, 9.17) is 9.94 Å². The molecule has 6 nitrogen and oxygen atoms in total. The van der Waals surface area contributed by atoms with Crippen LogP contribution in [-0.2, 0) is 14.6 Å². The fraction of sp³-hybridized carbons (Fsp3) is 0.364. The summed E-state index contributed by atoms with van der Waals surface area (Å²) in [6.45, 7) is 0. The van der Waals surface area contributed by atoms with E-state index in [2.05, 4.69) is 0 Å². The van der Waals surface area contributed by atoms with Crippen molar-refractivity contribution in [1.82, 2.24) is 5.48 Å². The highest BCUT2D eigenvalue weighted by Gasteiger charge is 2.37. The predicted molar refractivity (Wildman–Crippen MR) is 64.5 cm³/mol. The third-order valence-electron chi connectivity index (χ3n) is 2.58. The Bertz CT molecular complexity index is 559. The first-order chi connectivity index (χ1) is 9.32. The van der Waals surface area contributed by atoms with Gasteiger partial charge in [-0.2, -0.15) is 0 Å². The number of ether oxygens (including phenoxy) is 1. The Morgan fingerprint density at radius 1 is 1.35 bits per heavy atom. The van der Waals surface area contributed by atoms with E-state index in [0.29, 0.717) is 5.75 Å². The van der Waals surface area contributed by atoms with Gasteiger partial charge in [0.2, 0.25) is 5.91 Å². The van der Waals surface area contributed by atoms with Gasteiger partial charge in [0.1, 0.15) is 11.0 Å². The fourth-order valence-corrected chi connectivity index (χ4v) is 3.01. The summed E-state index contributed by atoms with van der Waals surface area (Å²) in [7, 11) is -3.04. The first kappa shape index (κ1) is 16.3. The average molecular weight is 309 g/mol. The number of rotatable bonds is 6. The number of amides is 1. The third-order valence-corrected chi connectivity index (χ3v) is 4.68. The Kier molecular flexibility index (Phi) is 5.40. The highest BCUT2D eigenvalue weighted by Crippen LogP contribution is 2.25. The smallest absolute Gasteiger partial charge is 0.256 e. The lowest BCUT2D eigenvalue weighted by atomic mass is 10.3. The molecule has 0 aliphatic heterocycles. The van der Waals surface area contributed by atoms with E-state index in [1.54, 1.807) is 0 Å². The molecule has 1 rings (SSSR count). The van der Waals surface area contributed by atoms with Crippen molar-refractivity contribution in [2.24, 2.45) is 0 Å². The molecule has 0 spiro atoms. The zero-order chi connectivity index (χ0) is 15.3. The molecule has 20 heavy (non-hydrogen) atoms. The van der Waals surface area contributed by atoms with Crippen molar-refractivity contribution in [3.63, 3.8) is 0 Å². The SMILES string of the molecule is COc1ccc(S(=O)(=O)C(CC(=O)NO)C(F)F)cc1. The van der Waals surface area contributed by atoms with Crippen LogP contribution < -0.4 is 10.2 Å². The summed E-state index contributed by atoms with van der Waals surface area (Å²) < 4.78 is 54.6. The van der Waals surface area contributed by atoms with Crippen molar-refractivity contribution in [2.75, 3.05) is 7.11 Å². The van der Waals surface area contributed by atoms with Gasteiger partial charge in [-0.15, -0.1) is 0 Å². The lowest BCUT2D eigenvalue weighted by molar-refractivity contribution is -0.129. The average Bonchev–Trinajstić information content (AvgIpc) is 2.43. The number of halogens is 2. The summed E-state index contributed by atoms with van der Waals surface area (Å²) in [5.41, 5.74) is 1.14. The van der Waals surface area contributed by atoms with E-state index in [0.717, 1.165) is 17.6 Å². The number of benzene rings is 1. The molecule has 0 heterocycles. The van der Waals surface area contributed by atoms with Crippen LogP contribution in [0.4, 0.5) is 8.78 Å². The van der Waals surface area contributed by atoms with Crippen LogP contribution in [0.15, 0.2) is 29.2 Å². The molecule has 112 valence electrons. The van der Waals surface area contributed by atoms with Gasteiger partial charge < -0.3 is 4.74 Å². The van der Waals surface area contributed by atoms with E-state index in [9.17, 15) is 22.0 Å². The van der Waals surface area contributed by atoms with Crippen LogP contribution in [0.1, 0.15) is 6.42 Å². The van der Waals surface area contributed by atoms with Crippen LogP contribution in [0.3, 0.4) is 0 Å². The second-order valence-corrected chi connectivity index (χ2v) is 6.00. The van der Waals surface area contributed by atoms with Crippen molar-refractivity contribution in [3.8, 4) is 5.75 Å². The summed E-state index contributed by atoms with van der Waals surface area (Å²) in [5.74, 6) is -0.835. The van der Waals surface area contributed by atoms with Crippen molar-refractivity contribution in [1.29, 1.82) is 0 Å². The number of hydroxylamine groups is 1. The molecule has 1 aromatic rings. The molecular formula is C11H13F2NO5S. The summed E-state index contributed by atoms with van der Waals surface area (Å²) in [6, 6.07) is 4.84. The van der Waals surface area contributed by atoms with Gasteiger partial charge >= 0.3 is 0 Å². The van der Waals surface area contributed by atoms with E-state index in [1.807, 2.05) is 0 Å². The monoisotopic (exact) mass is 309 g/mol. The number of hydrogen-bond donors (Lipinski definition) is 2. The molecule has 0 aliphatic carbocycles. The number of sulfone groups is 1. The van der Waals surface area contributed by atoms with E-state index in [-0.39, 0.29) is 4.90 Å². The number of methoxy groups -OCH3 is 1. The molecular weight excluding hydrogens is 296 g/mol. The fourth-order valence-electron chi connectivity index (χ4n) is 1.50. The zero-order valence-corrected chi connectivity index (χ0v) is 11.2. The zero-order valence-electron chi connectivity index (χ0n) is 10.4. The summed E-state index contributed by atoms with van der Waals surface area (Å²) in [5, 5.41) is 6.08. The molecule has 0 bridgehead atoms. The maximum absolute atomic E-state index is 12.9. The molecule has 0 radical (unpaired) electrons. The number of alkyl halides is 2. The minimum atomic E-state index is -4.41. The van der Waals surface area contributed by atoms with Gasteiger partial charge in [-0.05, 0) is 24.3 Å². The van der Waals surface area contributed by atoms with Gasteiger partial charge in [-0.1, -0.05) is 0 Å². The van der Waals surface area contributed by atoms with Gasteiger partial charge in [-0.25, -0.2) is 22.7 Å². The van der Waals surface area contributed by atoms with Gasteiger partial charge in [0.25, 0.3) is 6.43 Å². The van der Waals surface area contributed by atoms with Crippen molar-refractivity contribution >= 4 is 15.7 Å². The van der Waals surface area contributed by atoms with Gasteiger partial charge in [-0.3, -0.25) is 10.0 Å². The molecule has 0 saturated carbocycles. The molecule has 2 N–H and O–H groups in total. The molecule has 1 atom stereocenters. The first-order valence-corrected chi connectivity index (χ1v) is 6.96. The standard InChI is InChI=1S/C11H13F2NO5S/c1-19-7-2-4-8(5-3-7)20(17,18)9(11(12)13)6-10(15)14-16/h2-5,9,11,16H,6H2,1H3,(H,14,15). The second-order valence-electron chi connectivity index (χ2n) is 3.83. The minimum absolute atomic E-state index is 0.352. The maximum Gasteiger partial charge on any atom is 0.256 e. The van der Waals surface area contributed by atoms with Crippen molar-refractivity contribution < 1.29 is 31.9 Å². The lowest BCUT2D eigenvalue weighted by Gasteiger charge is -2.16. The van der Waals surface area contributed by atoms with Crippen LogP contribution in [-0.4, -0.2) is 38.3 Å². The first-order valence-electron chi connectivity index (χ1n) is 5.42. The Morgan fingerprint density at radius 3 is 2.30 bits per heavy atom. The molecule has 0 aromatic heterocycles. The van der Waals surface area contributed by atoms with Crippen molar-refractivity contribution in [2.45, 2.75) is 23.0 Å². The Hall–Kier alpha value is -1.74. The van der Waals surface area contributed by atoms with Gasteiger partial charge in [0.05, 0.1) is 18.4 Å². The number of carbonyl (C=O) groups is 1. The van der Waals surface area contributed by atoms with E-state index < -0.39 is 33.8 Å². The summed E-state index contributed by atoms with van der Waals surface area (Å²) in [6.07, 6.45) is -4.30. The lowest BCUT2D eigenvalue weighted by Crippen LogP contribution is -2.35. The second kappa shape index (κ2) is 6.62. The highest BCUT2D eigenvalue weighted by atomic mass is 32.2. The minimum Gasteiger partial charge on any atom is -0.497 e. The van der Waals surface area contributed by atoms with Gasteiger partial charge in [0, 0.05) is 0 Å². The summed E-state index contributed by atoms with van der Waals surface area (Å²) >= 11 is 0.